The maximum Gasteiger partial charge on any atom is 0.407 e. The summed E-state index contributed by atoms with van der Waals surface area (Å²) < 4.78 is 81.5. The summed E-state index contributed by atoms with van der Waals surface area (Å²) in [5.41, 5.74) is -0.878. The molecule has 0 aromatic heterocycles. The van der Waals surface area contributed by atoms with Crippen LogP contribution in [0.5, 0.6) is 0 Å². The van der Waals surface area contributed by atoms with Crippen LogP contribution in [0.15, 0.2) is 65.6 Å². The van der Waals surface area contributed by atoms with Gasteiger partial charge >= 0.3 is 6.18 Å². The number of hydrogen-bond acceptors (Lipinski definition) is 6. The zero-order valence-corrected chi connectivity index (χ0v) is 26.5. The Labute approximate surface area is 268 Å². The number of halogens is 6. The Morgan fingerprint density at radius 1 is 0.956 bits per heavy atom. The summed E-state index contributed by atoms with van der Waals surface area (Å²) in [6.45, 7) is 2.23. The second-order valence-corrected chi connectivity index (χ2v) is 13.8. The Morgan fingerprint density at radius 2 is 1.60 bits per heavy atom. The molecule has 1 unspecified atom stereocenters. The SMILES string of the molecule is CC(C)(F)C[C@H](N[C@@H](c1ccc(-c2ccc(S(C)(=O)=O)cc2Cl)cc1)C(F)(F)F)C(=O)NC(C#N)Cc1ccc(C#N)cc1Cl. The van der Waals surface area contributed by atoms with Crippen molar-refractivity contribution in [3.8, 4) is 23.3 Å². The minimum Gasteiger partial charge on any atom is -0.339 e. The summed E-state index contributed by atoms with van der Waals surface area (Å²) in [5.74, 6) is -1.03. The number of carbonyl (C=O) groups is 1. The molecule has 0 radical (unpaired) electrons. The van der Waals surface area contributed by atoms with Crippen molar-refractivity contribution in [3.05, 3.63) is 87.4 Å². The van der Waals surface area contributed by atoms with Crippen molar-refractivity contribution in [2.24, 2.45) is 0 Å². The topological polar surface area (TPSA) is 123 Å². The number of nitrogens with zero attached hydrogens (tertiary/aromatic N) is 2. The lowest BCUT2D eigenvalue weighted by Gasteiger charge is -2.30. The van der Waals surface area contributed by atoms with Gasteiger partial charge in [0.15, 0.2) is 9.84 Å². The molecular weight excluding hydrogens is 655 g/mol. The molecule has 0 fully saturated rings. The maximum absolute atomic E-state index is 14.8. The third-order valence-electron chi connectivity index (χ3n) is 6.70. The summed E-state index contributed by atoms with van der Waals surface area (Å²) in [6.07, 6.45) is -4.67. The standard InChI is InChI=1S/C31H28Cl2F4N4O3S/c1-30(2,34)15-27(29(42)40-22(17-39)13-21-5-4-18(16-38)12-25(21)32)41-28(31(35,36)37)20-8-6-19(7-9-20)24-11-10-23(14-26(24)33)45(3,43)44/h4-12,14,22,27-28,41H,13,15H2,1-3H3,(H,40,42)/t22?,27-,28-/m0/s1. The van der Waals surface area contributed by atoms with Gasteiger partial charge in [-0.25, -0.2) is 12.8 Å². The zero-order chi connectivity index (χ0) is 33.7. The van der Waals surface area contributed by atoms with E-state index < -0.39 is 52.1 Å². The lowest BCUT2D eigenvalue weighted by molar-refractivity contribution is -0.161. The molecule has 0 spiro atoms. The number of sulfone groups is 1. The quantitative estimate of drug-likeness (QED) is 0.213. The van der Waals surface area contributed by atoms with Crippen LogP contribution in [0.1, 0.15) is 43.0 Å². The number of carbonyl (C=O) groups excluding carboxylic acids is 1. The number of alkyl halides is 4. The molecule has 45 heavy (non-hydrogen) atoms. The minimum absolute atomic E-state index is 0.0204. The normalized spacial score (nSPS) is 14.1. The summed E-state index contributed by atoms with van der Waals surface area (Å²) in [5, 5.41) is 23.5. The van der Waals surface area contributed by atoms with Gasteiger partial charge in [0.25, 0.3) is 0 Å². The molecule has 0 bridgehead atoms. The first-order chi connectivity index (χ1) is 20.8. The van der Waals surface area contributed by atoms with E-state index in [4.69, 9.17) is 28.5 Å². The van der Waals surface area contributed by atoms with Crippen LogP contribution in [0.3, 0.4) is 0 Å². The summed E-state index contributed by atoms with van der Waals surface area (Å²) in [6, 6.07) is 11.8. The fraction of sp³-hybridized carbons (Fsp3) is 0.323. The van der Waals surface area contributed by atoms with E-state index in [1.54, 1.807) is 0 Å². The monoisotopic (exact) mass is 682 g/mol. The lowest BCUT2D eigenvalue weighted by atomic mass is 9.96. The molecule has 0 aliphatic rings. The highest BCUT2D eigenvalue weighted by molar-refractivity contribution is 7.90. The molecule has 3 atom stereocenters. The summed E-state index contributed by atoms with van der Waals surface area (Å²) in [7, 11) is -3.53. The van der Waals surface area contributed by atoms with Gasteiger partial charge in [0.1, 0.15) is 17.8 Å². The van der Waals surface area contributed by atoms with E-state index in [2.05, 4.69) is 10.6 Å². The molecule has 1 amide bonds. The van der Waals surface area contributed by atoms with E-state index in [0.29, 0.717) is 16.7 Å². The molecule has 238 valence electrons. The van der Waals surface area contributed by atoms with E-state index in [0.717, 1.165) is 20.1 Å². The molecule has 2 N–H and O–H groups in total. The van der Waals surface area contributed by atoms with Crippen molar-refractivity contribution in [1.82, 2.24) is 10.6 Å². The average molecular weight is 684 g/mol. The first-order valence-corrected chi connectivity index (χ1v) is 16.0. The first-order valence-electron chi connectivity index (χ1n) is 13.3. The van der Waals surface area contributed by atoms with Gasteiger partial charge in [-0.2, -0.15) is 23.7 Å². The van der Waals surface area contributed by atoms with Crippen LogP contribution in [0.4, 0.5) is 17.6 Å². The molecule has 0 aliphatic carbocycles. The molecule has 3 aromatic rings. The number of amides is 1. The Morgan fingerprint density at radius 3 is 2.09 bits per heavy atom. The highest BCUT2D eigenvalue weighted by Gasteiger charge is 2.44. The van der Waals surface area contributed by atoms with E-state index in [9.17, 15) is 36.0 Å². The van der Waals surface area contributed by atoms with Crippen molar-refractivity contribution < 1.29 is 30.8 Å². The van der Waals surface area contributed by atoms with E-state index >= 15 is 0 Å². The van der Waals surface area contributed by atoms with Gasteiger partial charge in [-0.15, -0.1) is 0 Å². The van der Waals surface area contributed by atoms with Gasteiger partial charge in [0.2, 0.25) is 5.91 Å². The maximum atomic E-state index is 14.8. The fourth-order valence-electron chi connectivity index (χ4n) is 4.51. The van der Waals surface area contributed by atoms with Crippen LogP contribution >= 0.6 is 23.2 Å². The molecule has 3 aromatic carbocycles. The van der Waals surface area contributed by atoms with Crippen molar-refractivity contribution in [1.29, 1.82) is 10.5 Å². The number of nitriles is 2. The number of benzene rings is 3. The average Bonchev–Trinajstić information content (AvgIpc) is 2.94. The molecule has 0 saturated carbocycles. The van der Waals surface area contributed by atoms with Gasteiger partial charge < -0.3 is 5.32 Å². The van der Waals surface area contributed by atoms with Crippen molar-refractivity contribution in [2.75, 3.05) is 6.26 Å². The molecule has 0 heterocycles. The van der Waals surface area contributed by atoms with Crippen molar-refractivity contribution in [2.45, 2.75) is 61.6 Å². The Hall–Kier alpha value is -3.68. The van der Waals surface area contributed by atoms with Crippen LogP contribution in [0.25, 0.3) is 11.1 Å². The highest BCUT2D eigenvalue weighted by atomic mass is 35.5. The van der Waals surface area contributed by atoms with Crippen molar-refractivity contribution >= 4 is 38.9 Å². The van der Waals surface area contributed by atoms with Crippen molar-refractivity contribution in [3.63, 3.8) is 0 Å². The van der Waals surface area contributed by atoms with Gasteiger partial charge in [0.05, 0.1) is 28.6 Å². The first kappa shape index (κ1) is 35.8. The smallest absolute Gasteiger partial charge is 0.339 e. The lowest BCUT2D eigenvalue weighted by Crippen LogP contribution is -2.53. The number of hydrogen-bond donors (Lipinski definition) is 2. The Bertz CT molecular complexity index is 1750. The predicted octanol–water partition coefficient (Wildman–Crippen LogP) is 6.89. The molecular formula is C31H28Cl2F4N4O3S. The largest absolute Gasteiger partial charge is 0.407 e. The van der Waals surface area contributed by atoms with Crippen LogP contribution < -0.4 is 10.6 Å². The second-order valence-electron chi connectivity index (χ2n) is 11.0. The Balaban J connectivity index is 1.88. The van der Waals surface area contributed by atoms with Crippen LogP contribution in [-0.2, 0) is 21.1 Å². The van der Waals surface area contributed by atoms with Crippen LogP contribution in [0.2, 0.25) is 10.0 Å². The fourth-order valence-corrected chi connectivity index (χ4v) is 5.77. The molecule has 3 rings (SSSR count). The molecule has 0 aliphatic heterocycles. The van der Waals surface area contributed by atoms with Crippen LogP contribution in [0, 0.1) is 22.7 Å². The Kier molecular flexibility index (Phi) is 11.3. The van der Waals surface area contributed by atoms with Gasteiger partial charge in [0, 0.05) is 34.7 Å². The zero-order valence-electron chi connectivity index (χ0n) is 24.2. The third kappa shape index (κ3) is 9.90. The summed E-state index contributed by atoms with van der Waals surface area (Å²) >= 11 is 12.4. The highest BCUT2D eigenvalue weighted by Crippen LogP contribution is 2.36. The summed E-state index contributed by atoms with van der Waals surface area (Å²) in [4.78, 5) is 13.2. The van der Waals surface area contributed by atoms with E-state index in [-0.39, 0.29) is 32.5 Å². The minimum atomic E-state index is -4.92. The van der Waals surface area contributed by atoms with Gasteiger partial charge in [-0.1, -0.05) is 59.6 Å². The second kappa shape index (κ2) is 14.2. The number of rotatable bonds is 11. The van der Waals surface area contributed by atoms with E-state index in [1.807, 2.05) is 12.1 Å². The molecule has 7 nitrogen and oxygen atoms in total. The van der Waals surface area contributed by atoms with E-state index in [1.165, 1.54) is 60.7 Å². The van der Waals surface area contributed by atoms with Gasteiger partial charge in [-0.05, 0) is 54.8 Å². The number of nitrogens with one attached hydrogen (secondary N) is 2. The predicted molar refractivity (Wildman–Crippen MR) is 163 cm³/mol. The van der Waals surface area contributed by atoms with Gasteiger partial charge in [-0.3, -0.25) is 10.1 Å². The molecule has 0 saturated heterocycles. The molecule has 14 heteroatoms. The third-order valence-corrected chi connectivity index (χ3v) is 8.48. The van der Waals surface area contributed by atoms with Crippen LogP contribution in [-0.4, -0.2) is 44.5 Å².